The predicted octanol–water partition coefficient (Wildman–Crippen LogP) is 3.03. The lowest BCUT2D eigenvalue weighted by atomic mass is 10.1. The van der Waals surface area contributed by atoms with Gasteiger partial charge in [-0.1, -0.05) is 41.2 Å². The molecule has 4 aromatic rings. The van der Waals surface area contributed by atoms with E-state index in [9.17, 15) is 18.8 Å². The second-order valence-electron chi connectivity index (χ2n) is 7.48. The van der Waals surface area contributed by atoms with Gasteiger partial charge in [-0.25, -0.2) is 33.3 Å². The molecule has 0 unspecified atom stereocenters. The lowest BCUT2D eigenvalue weighted by molar-refractivity contribution is 0.0702. The molecule has 0 saturated heterocycles. The van der Waals surface area contributed by atoms with Crippen LogP contribution in [0.5, 0.6) is 10.9 Å². The zero-order chi connectivity index (χ0) is 25.1. The number of hydrogen-bond donors (Lipinski definition) is 2. The molecule has 2 aromatic heterocycles. The number of halogens is 1. The summed E-state index contributed by atoms with van der Waals surface area (Å²) in [5.74, 6) is -2.13. The highest BCUT2D eigenvalue weighted by atomic mass is 32.1. The van der Waals surface area contributed by atoms with E-state index in [4.69, 9.17) is 9.84 Å². The Kier molecular flexibility index (Phi) is 6.73. The number of nitrogens with zero attached hydrogens (tertiary/aromatic N) is 4. The number of rotatable bonds is 7. The first kappa shape index (κ1) is 23.8. The number of aromatic carboxylic acids is 1. The van der Waals surface area contributed by atoms with Crippen molar-refractivity contribution in [3.63, 3.8) is 0 Å². The standard InChI is InChI=1S/C23H20FN5O5S/c1-3-28-21(32)27-20(29(23(28)33)12-14-6-4-13(2)5-7-14)26-15-8-9-17(16(24)10-15)34-22-25-11-18(35-22)19(30)31/h4-11H,3,12H2,1-2H3,(H,30,31)(H,26,27,32). The van der Waals surface area contributed by atoms with Crippen LogP contribution in [0.15, 0.2) is 63.2 Å². The molecule has 0 fully saturated rings. The Balaban J connectivity index is 1.73. The Labute approximate surface area is 201 Å². The third kappa shape index (κ3) is 5.27. The third-order valence-electron chi connectivity index (χ3n) is 5.00. The molecular formula is C23H20FN5O5S. The van der Waals surface area contributed by atoms with Crippen molar-refractivity contribution >= 4 is 23.0 Å². The zero-order valence-electron chi connectivity index (χ0n) is 18.7. The largest absolute Gasteiger partial charge is 0.477 e. The van der Waals surface area contributed by atoms with Crippen molar-refractivity contribution in [2.45, 2.75) is 26.9 Å². The van der Waals surface area contributed by atoms with Crippen molar-refractivity contribution in [2.24, 2.45) is 4.99 Å². The summed E-state index contributed by atoms with van der Waals surface area (Å²) in [6, 6.07) is 11.4. The van der Waals surface area contributed by atoms with Crippen LogP contribution in [0.25, 0.3) is 0 Å². The van der Waals surface area contributed by atoms with Crippen LogP contribution in [0.1, 0.15) is 27.7 Å². The summed E-state index contributed by atoms with van der Waals surface area (Å²) >= 11 is 0.759. The van der Waals surface area contributed by atoms with Crippen molar-refractivity contribution in [1.29, 1.82) is 0 Å². The number of aryl methyl sites for hydroxylation is 1. The fourth-order valence-corrected chi connectivity index (χ4v) is 3.82. The van der Waals surface area contributed by atoms with Gasteiger partial charge in [0, 0.05) is 12.6 Å². The highest BCUT2D eigenvalue weighted by molar-refractivity contribution is 7.15. The summed E-state index contributed by atoms with van der Waals surface area (Å²) in [5, 5.41) is 8.94. The Bertz CT molecular complexity index is 1580. The number of aromatic nitrogens is 4. The maximum atomic E-state index is 14.7. The lowest BCUT2D eigenvalue weighted by Gasteiger charge is -2.10. The van der Waals surface area contributed by atoms with Gasteiger partial charge in [-0.05, 0) is 31.5 Å². The summed E-state index contributed by atoms with van der Waals surface area (Å²) < 4.78 is 22.4. The number of carboxylic acids is 1. The van der Waals surface area contributed by atoms with Gasteiger partial charge in [-0.15, -0.1) is 0 Å². The number of nitrogens with one attached hydrogen (secondary N) is 1. The first-order valence-corrected chi connectivity index (χ1v) is 11.3. The first-order chi connectivity index (χ1) is 16.7. The van der Waals surface area contributed by atoms with Gasteiger partial charge in [0.25, 0.3) is 5.19 Å². The summed E-state index contributed by atoms with van der Waals surface area (Å²) in [6.45, 7) is 3.95. The second kappa shape index (κ2) is 9.89. The van der Waals surface area contributed by atoms with Gasteiger partial charge in [-0.2, -0.15) is 0 Å². The number of ether oxygens (including phenoxy) is 1. The summed E-state index contributed by atoms with van der Waals surface area (Å²) in [6.07, 6.45) is 1.12. The predicted molar refractivity (Wildman–Crippen MR) is 126 cm³/mol. The van der Waals surface area contributed by atoms with E-state index in [1.54, 1.807) is 6.92 Å². The van der Waals surface area contributed by atoms with Crippen LogP contribution in [0.4, 0.5) is 10.1 Å². The van der Waals surface area contributed by atoms with Crippen LogP contribution in [0, 0.1) is 12.7 Å². The van der Waals surface area contributed by atoms with E-state index in [0.717, 1.165) is 39.3 Å². The minimum Gasteiger partial charge on any atom is -0.477 e. The zero-order valence-corrected chi connectivity index (χ0v) is 19.5. The molecule has 12 heteroatoms. The molecule has 0 bridgehead atoms. The van der Waals surface area contributed by atoms with Crippen LogP contribution in [0.2, 0.25) is 0 Å². The average molecular weight is 498 g/mol. The van der Waals surface area contributed by atoms with E-state index in [1.165, 1.54) is 16.7 Å². The Morgan fingerprint density at radius 3 is 2.57 bits per heavy atom. The van der Waals surface area contributed by atoms with E-state index in [1.807, 2.05) is 31.2 Å². The number of benzene rings is 2. The number of thiazole rings is 1. The fraction of sp³-hybridized carbons (Fsp3) is 0.174. The molecule has 0 saturated carbocycles. The normalized spacial score (nSPS) is 11.6. The molecule has 2 aromatic carbocycles. The van der Waals surface area contributed by atoms with Gasteiger partial charge < -0.3 is 9.84 Å². The molecule has 0 spiro atoms. The Morgan fingerprint density at radius 1 is 1.20 bits per heavy atom. The maximum Gasteiger partial charge on any atom is 0.347 e. The quantitative estimate of drug-likeness (QED) is 0.404. The maximum absolute atomic E-state index is 14.7. The number of aromatic amines is 1. The van der Waals surface area contributed by atoms with Crippen LogP contribution < -0.4 is 21.7 Å². The minimum atomic E-state index is -1.16. The lowest BCUT2D eigenvalue weighted by Crippen LogP contribution is -2.49. The van der Waals surface area contributed by atoms with Crippen molar-refractivity contribution in [3.05, 3.63) is 97.1 Å². The molecule has 0 radical (unpaired) electrons. The smallest absolute Gasteiger partial charge is 0.347 e. The van der Waals surface area contributed by atoms with E-state index in [2.05, 4.69) is 15.0 Å². The van der Waals surface area contributed by atoms with E-state index in [-0.39, 0.29) is 40.2 Å². The van der Waals surface area contributed by atoms with Crippen LogP contribution in [-0.2, 0) is 13.1 Å². The minimum absolute atomic E-state index is 0.0329. The number of carbonyl (C=O) groups is 1. The molecule has 0 aliphatic rings. The molecule has 0 aliphatic heterocycles. The highest BCUT2D eigenvalue weighted by Gasteiger charge is 2.13. The molecular weight excluding hydrogens is 477 g/mol. The summed E-state index contributed by atoms with van der Waals surface area (Å²) in [4.78, 5) is 47.0. The van der Waals surface area contributed by atoms with Gasteiger partial charge >= 0.3 is 17.3 Å². The van der Waals surface area contributed by atoms with Gasteiger partial charge in [0.15, 0.2) is 11.6 Å². The molecule has 2 heterocycles. The van der Waals surface area contributed by atoms with Crippen molar-refractivity contribution < 1.29 is 19.0 Å². The molecule has 35 heavy (non-hydrogen) atoms. The number of H-pyrrole nitrogens is 1. The molecule has 180 valence electrons. The second-order valence-corrected chi connectivity index (χ2v) is 8.47. The van der Waals surface area contributed by atoms with Crippen LogP contribution >= 0.6 is 11.3 Å². The van der Waals surface area contributed by atoms with Gasteiger partial charge in [0.1, 0.15) is 4.88 Å². The Morgan fingerprint density at radius 2 is 1.94 bits per heavy atom. The fourth-order valence-electron chi connectivity index (χ4n) is 3.20. The van der Waals surface area contributed by atoms with Gasteiger partial charge in [0.2, 0.25) is 5.62 Å². The molecule has 0 atom stereocenters. The molecule has 4 rings (SSSR count). The van der Waals surface area contributed by atoms with Crippen LogP contribution in [0.3, 0.4) is 0 Å². The summed E-state index contributed by atoms with van der Waals surface area (Å²) in [7, 11) is 0. The van der Waals surface area contributed by atoms with Gasteiger partial charge in [-0.3, -0.25) is 9.55 Å². The Hall–Kier alpha value is -4.32. The van der Waals surface area contributed by atoms with Crippen molar-refractivity contribution in [1.82, 2.24) is 19.1 Å². The average Bonchev–Trinajstić information content (AvgIpc) is 3.29. The topological polar surface area (TPSA) is 132 Å². The van der Waals surface area contributed by atoms with E-state index < -0.39 is 23.2 Å². The molecule has 2 N–H and O–H groups in total. The van der Waals surface area contributed by atoms with Crippen molar-refractivity contribution in [2.75, 3.05) is 0 Å². The van der Waals surface area contributed by atoms with E-state index in [0.29, 0.717) is 0 Å². The third-order valence-corrected chi connectivity index (χ3v) is 5.87. The number of hydrogen-bond acceptors (Lipinski definition) is 7. The number of carboxylic acid groups (broad SMARTS) is 1. The molecule has 0 amide bonds. The van der Waals surface area contributed by atoms with Gasteiger partial charge in [0.05, 0.1) is 18.4 Å². The highest BCUT2D eigenvalue weighted by Crippen LogP contribution is 2.30. The SMILES string of the molecule is CCn1c(=O)[nH]/c(=N\c2ccc(Oc3ncc(C(=O)O)s3)c(F)c2)n(Cc2ccc(C)cc2)c1=O. The van der Waals surface area contributed by atoms with E-state index >= 15 is 0 Å². The summed E-state index contributed by atoms with van der Waals surface area (Å²) in [5.41, 5.74) is 0.796. The van der Waals surface area contributed by atoms with Crippen molar-refractivity contribution in [3.8, 4) is 10.9 Å². The monoisotopic (exact) mass is 497 g/mol. The molecule has 10 nitrogen and oxygen atoms in total. The first-order valence-electron chi connectivity index (χ1n) is 10.5. The molecule has 0 aliphatic carbocycles. The van der Waals surface area contributed by atoms with Crippen LogP contribution in [-0.4, -0.2) is 30.2 Å².